The van der Waals surface area contributed by atoms with Crippen molar-refractivity contribution in [1.82, 2.24) is 5.32 Å². The highest BCUT2D eigenvalue weighted by atomic mass is 127. The van der Waals surface area contributed by atoms with Gasteiger partial charge in [-0.1, -0.05) is 32.0 Å². The van der Waals surface area contributed by atoms with Gasteiger partial charge in [-0.15, -0.1) is 24.0 Å². The molecule has 0 aliphatic rings. The van der Waals surface area contributed by atoms with Crippen LogP contribution in [0.25, 0.3) is 11.0 Å². The first kappa shape index (κ1) is 17.8. The van der Waals surface area contributed by atoms with Gasteiger partial charge in [0, 0.05) is 17.5 Å². The molecule has 0 saturated carbocycles. The number of rotatable bonds is 5. The Labute approximate surface area is 143 Å². The molecule has 0 fully saturated rings. The van der Waals surface area contributed by atoms with Gasteiger partial charge in [0.15, 0.2) is 5.96 Å². The Bertz CT molecular complexity index is 605. The number of furan rings is 1. The maximum atomic E-state index is 5.85. The predicted octanol–water partition coefficient (Wildman–Crippen LogP) is 3.81. The summed E-state index contributed by atoms with van der Waals surface area (Å²) in [5, 5.41) is 4.27. The number of aliphatic imine (C=N–C) groups is 1. The zero-order valence-corrected chi connectivity index (χ0v) is 15.2. The maximum absolute atomic E-state index is 5.85. The normalized spacial score (nSPS) is 11.7. The van der Waals surface area contributed by atoms with Gasteiger partial charge >= 0.3 is 0 Å². The van der Waals surface area contributed by atoms with Crippen molar-refractivity contribution in [2.75, 3.05) is 6.54 Å². The Hall–Kier alpha value is -1.24. The largest absolute Gasteiger partial charge is 0.459 e. The molecule has 0 spiro atoms. The molecule has 116 valence electrons. The number of nitrogens with one attached hydrogen (secondary N) is 1. The van der Waals surface area contributed by atoms with E-state index < -0.39 is 0 Å². The summed E-state index contributed by atoms with van der Waals surface area (Å²) in [6, 6.07) is 8.02. The maximum Gasteiger partial charge on any atom is 0.189 e. The molecule has 5 heteroatoms. The summed E-state index contributed by atoms with van der Waals surface area (Å²) in [6.45, 7) is 7.76. The zero-order valence-electron chi connectivity index (χ0n) is 12.8. The van der Waals surface area contributed by atoms with Crippen molar-refractivity contribution in [3.8, 4) is 0 Å². The Morgan fingerprint density at radius 2 is 2.05 bits per heavy atom. The highest BCUT2D eigenvalue weighted by Crippen LogP contribution is 2.25. The van der Waals surface area contributed by atoms with Gasteiger partial charge in [-0.05, 0) is 25.3 Å². The Balaban J connectivity index is 0.00000220. The van der Waals surface area contributed by atoms with E-state index in [4.69, 9.17) is 10.2 Å². The lowest BCUT2D eigenvalue weighted by atomic mass is 10.1. The number of nitrogens with two attached hydrogens (primary N) is 1. The molecule has 1 heterocycles. The summed E-state index contributed by atoms with van der Waals surface area (Å²) in [5.41, 5.74) is 7.89. The van der Waals surface area contributed by atoms with Gasteiger partial charge in [-0.25, -0.2) is 4.99 Å². The number of hydrogen-bond donors (Lipinski definition) is 2. The molecule has 0 unspecified atom stereocenters. The van der Waals surface area contributed by atoms with Gasteiger partial charge < -0.3 is 15.5 Å². The second-order valence-electron chi connectivity index (χ2n) is 5.46. The number of fused-ring (bicyclic) bond motifs is 1. The van der Waals surface area contributed by atoms with E-state index in [1.807, 2.05) is 18.2 Å². The summed E-state index contributed by atoms with van der Waals surface area (Å²) in [7, 11) is 0. The molecule has 2 rings (SSSR count). The summed E-state index contributed by atoms with van der Waals surface area (Å²) in [6.07, 6.45) is 1.08. The molecule has 0 amide bonds. The molecule has 0 aliphatic carbocycles. The first-order valence-corrected chi connectivity index (χ1v) is 7.08. The number of aryl methyl sites for hydroxylation is 1. The summed E-state index contributed by atoms with van der Waals surface area (Å²) >= 11 is 0. The molecule has 0 atom stereocenters. The minimum Gasteiger partial charge on any atom is -0.459 e. The molecule has 1 aromatic carbocycles. The molecule has 21 heavy (non-hydrogen) atoms. The van der Waals surface area contributed by atoms with Crippen LogP contribution in [0.5, 0.6) is 0 Å². The number of para-hydroxylation sites is 1. The second-order valence-corrected chi connectivity index (χ2v) is 5.46. The fraction of sp³-hybridized carbons (Fsp3) is 0.438. The topological polar surface area (TPSA) is 63.5 Å². The van der Waals surface area contributed by atoms with Crippen molar-refractivity contribution in [2.45, 2.75) is 33.7 Å². The fourth-order valence-corrected chi connectivity index (χ4v) is 2.08. The van der Waals surface area contributed by atoms with E-state index in [0.29, 0.717) is 18.4 Å². The van der Waals surface area contributed by atoms with E-state index >= 15 is 0 Å². The minimum atomic E-state index is 0. The van der Waals surface area contributed by atoms with Gasteiger partial charge in [0.2, 0.25) is 0 Å². The number of nitrogens with zero attached hydrogens (tertiary/aromatic N) is 1. The molecular weight excluding hydrogens is 377 g/mol. The van der Waals surface area contributed by atoms with Gasteiger partial charge in [-0.3, -0.25) is 0 Å². The first-order valence-electron chi connectivity index (χ1n) is 7.08. The van der Waals surface area contributed by atoms with Crippen molar-refractivity contribution in [2.24, 2.45) is 16.6 Å². The standard InChI is InChI=1S/C16H23N3O.HI/c1-11(2)8-9-18-16(17)19-10-15-12(3)13-6-4-5-7-14(13)20-15;/h4-7,11H,8-10H2,1-3H3,(H3,17,18,19);1H. The Morgan fingerprint density at radius 1 is 1.33 bits per heavy atom. The number of guanidine groups is 1. The van der Waals surface area contributed by atoms with Gasteiger partial charge in [0.25, 0.3) is 0 Å². The molecule has 2 aromatic rings. The van der Waals surface area contributed by atoms with Crippen molar-refractivity contribution < 1.29 is 4.42 Å². The lowest BCUT2D eigenvalue weighted by Crippen LogP contribution is -2.32. The Kier molecular flexibility index (Phi) is 7.01. The third-order valence-corrected chi connectivity index (χ3v) is 3.36. The summed E-state index contributed by atoms with van der Waals surface area (Å²) in [5.74, 6) is 2.01. The van der Waals surface area contributed by atoms with Gasteiger partial charge in [-0.2, -0.15) is 0 Å². The fourth-order valence-electron chi connectivity index (χ4n) is 2.08. The highest BCUT2D eigenvalue weighted by Gasteiger charge is 2.09. The van der Waals surface area contributed by atoms with Crippen LogP contribution in [0.15, 0.2) is 33.7 Å². The number of benzene rings is 1. The van der Waals surface area contributed by atoms with Crippen LogP contribution in [0, 0.1) is 12.8 Å². The minimum absolute atomic E-state index is 0. The van der Waals surface area contributed by atoms with Crippen LogP contribution in [0.3, 0.4) is 0 Å². The Morgan fingerprint density at radius 3 is 2.71 bits per heavy atom. The molecule has 0 bridgehead atoms. The van der Waals surface area contributed by atoms with E-state index in [9.17, 15) is 0 Å². The van der Waals surface area contributed by atoms with Crippen LogP contribution >= 0.6 is 24.0 Å². The van der Waals surface area contributed by atoms with E-state index in [-0.39, 0.29) is 24.0 Å². The van der Waals surface area contributed by atoms with E-state index in [1.54, 1.807) is 0 Å². The molecule has 4 nitrogen and oxygen atoms in total. The van der Waals surface area contributed by atoms with E-state index in [2.05, 4.69) is 37.1 Å². The monoisotopic (exact) mass is 401 g/mol. The zero-order chi connectivity index (χ0) is 14.5. The number of halogens is 1. The lowest BCUT2D eigenvalue weighted by molar-refractivity contribution is 0.547. The molecular formula is C16H24IN3O. The molecule has 0 aliphatic heterocycles. The molecule has 1 aromatic heterocycles. The average Bonchev–Trinajstić information content (AvgIpc) is 2.73. The van der Waals surface area contributed by atoms with Crippen LogP contribution in [0.2, 0.25) is 0 Å². The van der Waals surface area contributed by atoms with Gasteiger partial charge in [0.05, 0.1) is 0 Å². The third-order valence-electron chi connectivity index (χ3n) is 3.36. The first-order chi connectivity index (χ1) is 9.58. The van der Waals surface area contributed by atoms with Crippen LogP contribution in [0.4, 0.5) is 0 Å². The van der Waals surface area contributed by atoms with Crippen molar-refractivity contribution in [3.05, 3.63) is 35.6 Å². The SMILES string of the molecule is Cc1c(CN=C(N)NCCC(C)C)oc2ccccc12.I. The summed E-state index contributed by atoms with van der Waals surface area (Å²) in [4.78, 5) is 4.34. The number of hydrogen-bond acceptors (Lipinski definition) is 2. The smallest absolute Gasteiger partial charge is 0.189 e. The van der Waals surface area contributed by atoms with Crippen LogP contribution in [-0.2, 0) is 6.54 Å². The molecule has 0 saturated heterocycles. The van der Waals surface area contributed by atoms with E-state index in [0.717, 1.165) is 35.3 Å². The second kappa shape index (κ2) is 8.26. The van der Waals surface area contributed by atoms with E-state index in [1.165, 1.54) is 0 Å². The van der Waals surface area contributed by atoms with Gasteiger partial charge in [0.1, 0.15) is 17.9 Å². The lowest BCUT2D eigenvalue weighted by Gasteiger charge is -2.07. The van der Waals surface area contributed by atoms with Crippen LogP contribution < -0.4 is 11.1 Å². The quantitative estimate of drug-likeness (QED) is 0.455. The summed E-state index contributed by atoms with van der Waals surface area (Å²) < 4.78 is 5.80. The average molecular weight is 401 g/mol. The van der Waals surface area contributed by atoms with Crippen molar-refractivity contribution in [1.29, 1.82) is 0 Å². The molecule has 0 radical (unpaired) electrons. The van der Waals surface area contributed by atoms with Crippen LogP contribution in [-0.4, -0.2) is 12.5 Å². The third kappa shape index (κ3) is 4.91. The van der Waals surface area contributed by atoms with Crippen LogP contribution in [0.1, 0.15) is 31.6 Å². The van der Waals surface area contributed by atoms with Crippen molar-refractivity contribution >= 4 is 40.9 Å². The van der Waals surface area contributed by atoms with Crippen molar-refractivity contribution in [3.63, 3.8) is 0 Å². The predicted molar refractivity (Wildman–Crippen MR) is 99.2 cm³/mol. The molecule has 3 N–H and O–H groups in total. The highest BCUT2D eigenvalue weighted by molar-refractivity contribution is 14.0.